The summed E-state index contributed by atoms with van der Waals surface area (Å²) in [7, 11) is 0. The number of nitrogens with zero attached hydrogens (tertiary/aromatic N) is 1. The van der Waals surface area contributed by atoms with Gasteiger partial charge in [-0.25, -0.2) is 9.38 Å². The second-order valence-electron chi connectivity index (χ2n) is 5.92. The quantitative estimate of drug-likeness (QED) is 0.758. The maximum atomic E-state index is 13.2. The van der Waals surface area contributed by atoms with Crippen LogP contribution in [0, 0.1) is 5.82 Å². The number of aromatic nitrogens is 1. The number of fused-ring (bicyclic) bond motifs is 1. The van der Waals surface area contributed by atoms with Crippen molar-refractivity contribution in [2.45, 2.75) is 13.3 Å². The molecule has 0 aliphatic carbocycles. The average Bonchev–Trinajstić information content (AvgIpc) is 3.15. The summed E-state index contributed by atoms with van der Waals surface area (Å²) >= 11 is 0. The Kier molecular flexibility index (Phi) is 3.50. The number of aryl methyl sites for hydroxylation is 1. The van der Waals surface area contributed by atoms with Crippen molar-refractivity contribution in [2.75, 3.05) is 0 Å². The molecule has 4 nitrogen and oxygen atoms in total. The van der Waals surface area contributed by atoms with E-state index in [9.17, 15) is 14.3 Å². The number of benzene rings is 2. The predicted octanol–water partition coefficient (Wildman–Crippen LogP) is 4.08. The zero-order chi connectivity index (χ0) is 17.6. The van der Waals surface area contributed by atoms with Crippen LogP contribution in [0.5, 0.6) is 5.88 Å². The molecule has 0 radical (unpaired) electrons. The highest BCUT2D eigenvalue weighted by Crippen LogP contribution is 2.37. The van der Waals surface area contributed by atoms with Crippen LogP contribution in [0.1, 0.15) is 34.0 Å². The fourth-order valence-corrected chi connectivity index (χ4v) is 3.08. The second-order valence-corrected chi connectivity index (χ2v) is 5.92. The molecule has 1 aliphatic heterocycles. The lowest BCUT2D eigenvalue weighted by Crippen LogP contribution is -2.00. The van der Waals surface area contributed by atoms with Crippen LogP contribution in [0.25, 0.3) is 11.3 Å². The van der Waals surface area contributed by atoms with Crippen molar-refractivity contribution in [1.29, 1.82) is 0 Å². The molecular formula is C20H15FN2O2. The van der Waals surface area contributed by atoms with E-state index in [1.165, 1.54) is 17.7 Å². The van der Waals surface area contributed by atoms with E-state index in [0.717, 1.165) is 12.0 Å². The summed E-state index contributed by atoms with van der Waals surface area (Å²) in [5.41, 5.74) is 4.17. The van der Waals surface area contributed by atoms with Gasteiger partial charge in [0.1, 0.15) is 5.82 Å². The minimum atomic E-state index is -0.416. The molecule has 1 aliphatic rings. The van der Waals surface area contributed by atoms with Gasteiger partial charge in [0.25, 0.3) is 5.91 Å². The van der Waals surface area contributed by atoms with Gasteiger partial charge in [0.2, 0.25) is 0 Å². The van der Waals surface area contributed by atoms with E-state index in [-0.39, 0.29) is 11.7 Å². The molecule has 0 bridgehead atoms. The molecule has 0 unspecified atom stereocenters. The zero-order valence-electron chi connectivity index (χ0n) is 13.5. The monoisotopic (exact) mass is 334 g/mol. The Bertz CT molecular complexity index is 999. The number of amides is 1. The fraction of sp³-hybridized carbons (Fsp3) is 0.100. The Labute approximate surface area is 143 Å². The molecule has 0 atom stereocenters. The molecule has 124 valence electrons. The number of H-pyrrole nitrogens is 1. The smallest absolute Gasteiger partial charge is 0.280 e. The Morgan fingerprint density at radius 1 is 1.00 bits per heavy atom. The molecule has 5 heteroatoms. The molecule has 0 saturated heterocycles. The van der Waals surface area contributed by atoms with Crippen LogP contribution in [-0.4, -0.2) is 21.7 Å². The first kappa shape index (κ1) is 15.3. The van der Waals surface area contributed by atoms with Crippen molar-refractivity contribution in [1.82, 2.24) is 4.98 Å². The zero-order valence-corrected chi connectivity index (χ0v) is 13.5. The number of hydrogen-bond donors (Lipinski definition) is 2. The minimum Gasteiger partial charge on any atom is -0.494 e. The van der Waals surface area contributed by atoms with E-state index in [0.29, 0.717) is 28.1 Å². The molecular weight excluding hydrogens is 319 g/mol. The van der Waals surface area contributed by atoms with Crippen molar-refractivity contribution < 1.29 is 14.3 Å². The Hall–Kier alpha value is -3.21. The molecule has 0 saturated carbocycles. The topological polar surface area (TPSA) is 65.5 Å². The van der Waals surface area contributed by atoms with Crippen LogP contribution in [0.2, 0.25) is 0 Å². The third-order valence-corrected chi connectivity index (χ3v) is 4.41. The Morgan fingerprint density at radius 2 is 1.64 bits per heavy atom. The molecule has 2 heterocycles. The highest BCUT2D eigenvalue weighted by Gasteiger charge is 2.33. The van der Waals surface area contributed by atoms with Crippen LogP contribution in [0.15, 0.2) is 53.5 Å². The number of hydrogen-bond acceptors (Lipinski definition) is 2. The first-order chi connectivity index (χ1) is 12.1. The molecule has 1 amide bonds. The average molecular weight is 334 g/mol. The number of aliphatic imine (C=N–C) groups is 1. The van der Waals surface area contributed by atoms with Crippen LogP contribution in [0.3, 0.4) is 0 Å². The number of halogens is 1. The van der Waals surface area contributed by atoms with Gasteiger partial charge in [-0.3, -0.25) is 4.79 Å². The maximum Gasteiger partial charge on any atom is 0.280 e. The summed E-state index contributed by atoms with van der Waals surface area (Å²) in [5.74, 6) is -0.894. The van der Waals surface area contributed by atoms with Crippen molar-refractivity contribution in [2.24, 2.45) is 4.99 Å². The lowest BCUT2D eigenvalue weighted by Gasteiger charge is -2.03. The number of aromatic amines is 1. The lowest BCUT2D eigenvalue weighted by atomic mass is 9.99. The van der Waals surface area contributed by atoms with Gasteiger partial charge in [0.05, 0.1) is 22.5 Å². The van der Waals surface area contributed by atoms with Crippen molar-refractivity contribution in [3.63, 3.8) is 0 Å². The summed E-state index contributed by atoms with van der Waals surface area (Å²) < 4.78 is 13.2. The van der Waals surface area contributed by atoms with Crippen molar-refractivity contribution >= 4 is 11.6 Å². The molecule has 4 rings (SSSR count). The highest BCUT2D eigenvalue weighted by molar-refractivity contribution is 6.30. The van der Waals surface area contributed by atoms with E-state index in [2.05, 4.69) is 16.9 Å². The molecule has 25 heavy (non-hydrogen) atoms. The van der Waals surface area contributed by atoms with Crippen LogP contribution < -0.4 is 0 Å². The third kappa shape index (κ3) is 2.45. The van der Waals surface area contributed by atoms with Crippen molar-refractivity contribution in [3.8, 4) is 17.1 Å². The van der Waals surface area contributed by atoms with E-state index >= 15 is 0 Å². The van der Waals surface area contributed by atoms with Gasteiger partial charge in [0, 0.05) is 5.56 Å². The second kappa shape index (κ2) is 5.70. The number of rotatable bonds is 3. The molecule has 0 fully saturated rings. The van der Waals surface area contributed by atoms with Crippen molar-refractivity contribution in [3.05, 3.63) is 76.6 Å². The van der Waals surface area contributed by atoms with E-state index < -0.39 is 5.91 Å². The molecule has 1 aromatic heterocycles. The van der Waals surface area contributed by atoms with Crippen LogP contribution in [0.4, 0.5) is 4.39 Å². The predicted molar refractivity (Wildman–Crippen MR) is 93.6 cm³/mol. The van der Waals surface area contributed by atoms with Gasteiger partial charge in [-0.2, -0.15) is 0 Å². The normalized spacial score (nSPS) is 13.0. The van der Waals surface area contributed by atoms with Gasteiger partial charge >= 0.3 is 0 Å². The SMILES string of the molecule is CCc1ccc(C2=NC(=O)c3c(-c4ccc(F)cc4)[nH]c(O)c32)cc1. The molecule has 0 spiro atoms. The van der Waals surface area contributed by atoms with Gasteiger partial charge in [-0.1, -0.05) is 31.2 Å². The molecule has 2 aromatic carbocycles. The number of carbonyl (C=O) groups is 1. The first-order valence-corrected chi connectivity index (χ1v) is 8.02. The molecule has 2 N–H and O–H groups in total. The Balaban J connectivity index is 1.83. The van der Waals surface area contributed by atoms with E-state index in [1.807, 2.05) is 24.3 Å². The van der Waals surface area contributed by atoms with Gasteiger partial charge < -0.3 is 10.1 Å². The Morgan fingerprint density at radius 3 is 2.28 bits per heavy atom. The number of carbonyl (C=O) groups excluding carboxylic acids is 1. The number of nitrogens with one attached hydrogen (secondary N) is 1. The molecule has 3 aromatic rings. The first-order valence-electron chi connectivity index (χ1n) is 8.02. The summed E-state index contributed by atoms with van der Waals surface area (Å²) in [5, 5.41) is 10.4. The van der Waals surface area contributed by atoms with E-state index in [4.69, 9.17) is 0 Å². The van der Waals surface area contributed by atoms with Crippen LogP contribution in [-0.2, 0) is 6.42 Å². The summed E-state index contributed by atoms with van der Waals surface area (Å²) in [6.07, 6.45) is 0.918. The third-order valence-electron chi connectivity index (χ3n) is 4.41. The highest BCUT2D eigenvalue weighted by atomic mass is 19.1. The largest absolute Gasteiger partial charge is 0.494 e. The lowest BCUT2D eigenvalue weighted by molar-refractivity contribution is 0.101. The van der Waals surface area contributed by atoms with Gasteiger partial charge in [0.15, 0.2) is 5.88 Å². The van der Waals surface area contributed by atoms with Crippen LogP contribution >= 0.6 is 0 Å². The van der Waals surface area contributed by atoms with Gasteiger partial charge in [-0.05, 0) is 41.8 Å². The summed E-state index contributed by atoms with van der Waals surface area (Å²) in [6.45, 7) is 2.07. The standard InChI is InChI=1S/C20H15FN2O2/c1-2-11-3-5-12(6-4-11)17-15-16(20(25)22-17)18(23-19(15)24)13-7-9-14(21)10-8-13/h3-10,23-24H,2H2,1H3. The minimum absolute atomic E-state index is 0.113. The maximum absolute atomic E-state index is 13.2. The number of aromatic hydroxyl groups is 1. The summed E-state index contributed by atoms with van der Waals surface area (Å²) in [6, 6.07) is 13.5. The fourth-order valence-electron chi connectivity index (χ4n) is 3.08. The van der Waals surface area contributed by atoms with Gasteiger partial charge in [-0.15, -0.1) is 0 Å². The summed E-state index contributed by atoms with van der Waals surface area (Å²) in [4.78, 5) is 19.4. The van der Waals surface area contributed by atoms with E-state index in [1.54, 1.807) is 12.1 Å².